The molecule has 0 saturated carbocycles. The third-order valence-corrected chi connectivity index (χ3v) is 4.12. The van der Waals surface area contributed by atoms with Crippen molar-refractivity contribution >= 4 is 28.9 Å². The number of benzene rings is 2. The Balaban J connectivity index is 2.31. The molecule has 2 aromatic rings. The summed E-state index contributed by atoms with van der Waals surface area (Å²) < 4.78 is 5.20. The van der Waals surface area contributed by atoms with Crippen LogP contribution in [0, 0.1) is 0 Å². The zero-order valence-electron chi connectivity index (χ0n) is 15.9. The quantitative estimate of drug-likeness (QED) is 0.515. The molecule has 0 radical (unpaired) electrons. The van der Waals surface area contributed by atoms with Gasteiger partial charge in [0.1, 0.15) is 19.4 Å². The van der Waals surface area contributed by atoms with Gasteiger partial charge in [-0.2, -0.15) is 0 Å². The number of likely N-dealkylation sites (N-methyl/N-ethyl adjacent to an activating group) is 1. The summed E-state index contributed by atoms with van der Waals surface area (Å²) in [6, 6.07) is 14.7. The maximum Gasteiger partial charge on any atom is 0.273 e. The molecule has 0 bridgehead atoms. The lowest BCUT2D eigenvalue weighted by molar-refractivity contribution is -0.114. The SMILES string of the molecule is CNC(=O)/C(=N/OC)c1cccc(Cl)c1CO/N=C(\COC)c1ccccc1. The Hall–Kier alpha value is -2.90. The average Bonchev–Trinajstić information content (AvgIpc) is 2.72. The van der Waals surface area contributed by atoms with Crippen molar-refractivity contribution in [2.45, 2.75) is 6.61 Å². The summed E-state index contributed by atoms with van der Waals surface area (Å²) in [5.74, 6) is -0.404. The van der Waals surface area contributed by atoms with E-state index < -0.39 is 5.91 Å². The molecule has 28 heavy (non-hydrogen) atoms. The van der Waals surface area contributed by atoms with E-state index in [2.05, 4.69) is 15.6 Å². The molecule has 0 fully saturated rings. The molecule has 0 aliphatic carbocycles. The first-order valence-corrected chi connectivity index (χ1v) is 8.84. The zero-order valence-corrected chi connectivity index (χ0v) is 16.7. The molecule has 0 saturated heterocycles. The number of hydrogen-bond donors (Lipinski definition) is 1. The maximum atomic E-state index is 12.2. The van der Waals surface area contributed by atoms with E-state index in [1.807, 2.05) is 30.3 Å². The Morgan fingerprint density at radius 3 is 2.46 bits per heavy atom. The van der Waals surface area contributed by atoms with Gasteiger partial charge in [-0.3, -0.25) is 4.79 Å². The van der Waals surface area contributed by atoms with Gasteiger partial charge in [-0.15, -0.1) is 0 Å². The Morgan fingerprint density at radius 2 is 1.82 bits per heavy atom. The van der Waals surface area contributed by atoms with Crippen LogP contribution < -0.4 is 5.32 Å². The number of oxime groups is 2. The topological polar surface area (TPSA) is 81.5 Å². The molecule has 0 heterocycles. The highest BCUT2D eigenvalue weighted by atomic mass is 35.5. The summed E-state index contributed by atoms with van der Waals surface area (Å²) in [4.78, 5) is 22.5. The smallest absolute Gasteiger partial charge is 0.273 e. The number of rotatable bonds is 9. The first-order valence-electron chi connectivity index (χ1n) is 8.46. The van der Waals surface area contributed by atoms with Gasteiger partial charge in [0.25, 0.3) is 5.91 Å². The van der Waals surface area contributed by atoms with Crippen LogP contribution in [0.25, 0.3) is 0 Å². The summed E-state index contributed by atoms with van der Waals surface area (Å²) in [6.45, 7) is 0.322. The van der Waals surface area contributed by atoms with Gasteiger partial charge in [-0.05, 0) is 6.07 Å². The van der Waals surface area contributed by atoms with E-state index >= 15 is 0 Å². The van der Waals surface area contributed by atoms with Gasteiger partial charge in [-0.1, -0.05) is 64.4 Å². The summed E-state index contributed by atoms with van der Waals surface area (Å²) in [6.07, 6.45) is 0. The standard InChI is InChI=1S/C20H22ClN3O4/c1-22-20(25)19(24-27-3)15-10-7-11-17(21)16(15)12-28-23-18(13-26-2)14-8-5-4-6-9-14/h4-11H,12-13H2,1-3H3,(H,22,25)/b23-18+,24-19+. The number of nitrogens with zero attached hydrogens (tertiary/aromatic N) is 2. The Kier molecular flexibility index (Phi) is 8.45. The Morgan fingerprint density at radius 1 is 1.07 bits per heavy atom. The minimum atomic E-state index is -0.404. The van der Waals surface area contributed by atoms with E-state index in [-0.39, 0.29) is 18.9 Å². The highest BCUT2D eigenvalue weighted by molar-refractivity contribution is 6.46. The fourth-order valence-electron chi connectivity index (χ4n) is 2.45. The minimum absolute atomic E-state index is 0.0365. The lowest BCUT2D eigenvalue weighted by atomic mass is 10.0. The molecule has 2 aromatic carbocycles. The first-order chi connectivity index (χ1) is 13.6. The first kappa shape index (κ1) is 21.4. The van der Waals surface area contributed by atoms with Crippen LogP contribution in [0.5, 0.6) is 0 Å². The molecule has 1 N–H and O–H groups in total. The van der Waals surface area contributed by atoms with Gasteiger partial charge < -0.3 is 19.7 Å². The summed E-state index contributed by atoms with van der Waals surface area (Å²) in [5.41, 5.74) is 2.67. The number of carbonyl (C=O) groups excluding carboxylic acids is 1. The van der Waals surface area contributed by atoms with Crippen LogP contribution in [0.15, 0.2) is 58.8 Å². The van der Waals surface area contributed by atoms with E-state index in [0.29, 0.717) is 21.9 Å². The number of halogens is 1. The molecule has 148 valence electrons. The molecular weight excluding hydrogens is 382 g/mol. The monoisotopic (exact) mass is 403 g/mol. The van der Waals surface area contributed by atoms with Gasteiger partial charge in [0.2, 0.25) is 0 Å². The molecule has 7 nitrogen and oxygen atoms in total. The zero-order chi connectivity index (χ0) is 20.4. The number of ether oxygens (including phenoxy) is 1. The van der Waals surface area contributed by atoms with Crippen LogP contribution in [-0.4, -0.2) is 45.2 Å². The van der Waals surface area contributed by atoms with Crippen LogP contribution in [0.2, 0.25) is 5.02 Å². The van der Waals surface area contributed by atoms with Crippen LogP contribution in [0.1, 0.15) is 16.7 Å². The van der Waals surface area contributed by atoms with Gasteiger partial charge >= 0.3 is 0 Å². The third kappa shape index (κ3) is 5.55. The van der Waals surface area contributed by atoms with E-state index in [4.69, 9.17) is 26.0 Å². The van der Waals surface area contributed by atoms with Crippen LogP contribution in [0.3, 0.4) is 0 Å². The summed E-state index contributed by atoms with van der Waals surface area (Å²) in [7, 11) is 4.46. The number of amides is 1. The van der Waals surface area contributed by atoms with Gasteiger partial charge in [-0.25, -0.2) is 0 Å². The van der Waals surface area contributed by atoms with Crippen molar-refractivity contribution in [2.75, 3.05) is 27.9 Å². The summed E-state index contributed by atoms with van der Waals surface area (Å²) >= 11 is 6.33. The van der Waals surface area contributed by atoms with Crippen molar-refractivity contribution < 1.29 is 19.2 Å². The van der Waals surface area contributed by atoms with E-state index in [0.717, 1.165) is 5.56 Å². The van der Waals surface area contributed by atoms with Crippen molar-refractivity contribution in [3.05, 3.63) is 70.2 Å². The Bertz CT molecular complexity index is 854. The fourth-order valence-corrected chi connectivity index (χ4v) is 2.68. The molecule has 0 spiro atoms. The molecular formula is C20H22ClN3O4. The third-order valence-electron chi connectivity index (χ3n) is 3.77. The fraction of sp³-hybridized carbons (Fsp3) is 0.250. The lowest BCUT2D eigenvalue weighted by Crippen LogP contribution is -2.29. The summed E-state index contributed by atoms with van der Waals surface area (Å²) in [5, 5.41) is 11.0. The van der Waals surface area contributed by atoms with Crippen LogP contribution in [0.4, 0.5) is 0 Å². The Labute approximate surface area is 168 Å². The van der Waals surface area contributed by atoms with Crippen LogP contribution >= 0.6 is 11.6 Å². The maximum absolute atomic E-state index is 12.2. The molecule has 0 unspecified atom stereocenters. The molecule has 8 heteroatoms. The molecule has 0 atom stereocenters. The average molecular weight is 404 g/mol. The number of hydrogen-bond acceptors (Lipinski definition) is 6. The van der Waals surface area contributed by atoms with E-state index in [1.54, 1.807) is 25.3 Å². The van der Waals surface area contributed by atoms with Crippen molar-refractivity contribution in [2.24, 2.45) is 10.3 Å². The molecule has 2 rings (SSSR count). The van der Waals surface area contributed by atoms with Crippen molar-refractivity contribution in [1.82, 2.24) is 5.32 Å². The second-order valence-corrected chi connectivity index (χ2v) is 5.99. The molecule has 0 aliphatic rings. The number of carbonyl (C=O) groups is 1. The van der Waals surface area contributed by atoms with Crippen molar-refractivity contribution in [1.29, 1.82) is 0 Å². The highest BCUT2D eigenvalue weighted by Gasteiger charge is 2.19. The second kappa shape index (κ2) is 11.1. The van der Waals surface area contributed by atoms with Crippen molar-refractivity contribution in [3.63, 3.8) is 0 Å². The van der Waals surface area contributed by atoms with Gasteiger partial charge in [0.05, 0.1) is 6.61 Å². The highest BCUT2D eigenvalue weighted by Crippen LogP contribution is 2.22. The minimum Gasteiger partial charge on any atom is -0.398 e. The van der Waals surface area contributed by atoms with E-state index in [9.17, 15) is 4.79 Å². The molecule has 0 aliphatic heterocycles. The van der Waals surface area contributed by atoms with E-state index in [1.165, 1.54) is 14.2 Å². The molecule has 1 amide bonds. The second-order valence-electron chi connectivity index (χ2n) is 5.58. The molecule has 0 aromatic heterocycles. The normalized spacial score (nSPS) is 11.9. The van der Waals surface area contributed by atoms with Crippen molar-refractivity contribution in [3.8, 4) is 0 Å². The number of methoxy groups -OCH3 is 1. The van der Waals surface area contributed by atoms with Gasteiger partial charge in [0, 0.05) is 35.9 Å². The predicted molar refractivity (Wildman–Crippen MR) is 109 cm³/mol. The lowest BCUT2D eigenvalue weighted by Gasteiger charge is -2.12. The van der Waals surface area contributed by atoms with Gasteiger partial charge in [0.15, 0.2) is 5.71 Å². The largest absolute Gasteiger partial charge is 0.398 e. The number of nitrogens with one attached hydrogen (secondary N) is 1. The van der Waals surface area contributed by atoms with Crippen LogP contribution in [-0.2, 0) is 25.8 Å². The predicted octanol–water partition coefficient (Wildman–Crippen LogP) is 3.00.